The van der Waals surface area contributed by atoms with Crippen LogP contribution in [0.1, 0.15) is 15.9 Å². The number of aryl methyl sites for hydroxylation is 1. The van der Waals surface area contributed by atoms with E-state index in [0.717, 1.165) is 10.0 Å². The van der Waals surface area contributed by atoms with Crippen LogP contribution in [-0.4, -0.2) is 28.2 Å². The van der Waals surface area contributed by atoms with Gasteiger partial charge in [0.1, 0.15) is 0 Å². The van der Waals surface area contributed by atoms with Gasteiger partial charge in [0.15, 0.2) is 0 Å². The molecule has 0 aliphatic heterocycles. The summed E-state index contributed by atoms with van der Waals surface area (Å²) in [6, 6.07) is 5.70. The third-order valence-electron chi connectivity index (χ3n) is 2.25. The molecule has 94 valence electrons. The fraction of sp³-hybridized carbons (Fsp3) is 0.182. The zero-order valence-corrected chi connectivity index (χ0v) is 11.4. The Morgan fingerprint density at radius 1 is 1.50 bits per heavy atom. The van der Waals surface area contributed by atoms with Crippen molar-refractivity contribution in [1.82, 2.24) is 15.2 Å². The van der Waals surface area contributed by atoms with E-state index in [2.05, 4.69) is 36.4 Å². The number of nitrogens with zero attached hydrogens (tertiary/aromatic N) is 2. The van der Waals surface area contributed by atoms with Gasteiger partial charge in [0.05, 0.1) is 12.7 Å². The number of nitrogens with one attached hydrogen (secondary N) is 2. The Morgan fingerprint density at radius 3 is 2.94 bits per heavy atom. The van der Waals surface area contributed by atoms with E-state index >= 15 is 0 Å². The van der Waals surface area contributed by atoms with E-state index in [1.165, 1.54) is 7.11 Å². The van der Waals surface area contributed by atoms with E-state index in [1.54, 1.807) is 6.07 Å². The van der Waals surface area contributed by atoms with Crippen LogP contribution in [0.5, 0.6) is 6.01 Å². The number of amides is 1. The summed E-state index contributed by atoms with van der Waals surface area (Å²) in [7, 11) is 1.45. The molecule has 18 heavy (non-hydrogen) atoms. The predicted molar refractivity (Wildman–Crippen MR) is 69.8 cm³/mol. The number of carbonyl (C=O) groups excluding carboxylic acids is 1. The normalized spacial score (nSPS) is 10.2. The maximum atomic E-state index is 12.0. The summed E-state index contributed by atoms with van der Waals surface area (Å²) in [6.45, 7) is 1.92. The van der Waals surface area contributed by atoms with Crippen LogP contribution in [0, 0.1) is 6.92 Å². The molecule has 0 atom stereocenters. The van der Waals surface area contributed by atoms with Crippen molar-refractivity contribution in [2.75, 3.05) is 12.4 Å². The highest BCUT2D eigenvalue weighted by Crippen LogP contribution is 2.19. The lowest BCUT2D eigenvalue weighted by atomic mass is 10.1. The van der Waals surface area contributed by atoms with Gasteiger partial charge >= 0.3 is 6.01 Å². The number of carbonyl (C=O) groups is 1. The molecule has 0 unspecified atom stereocenters. The van der Waals surface area contributed by atoms with Gasteiger partial charge in [-0.2, -0.15) is 4.98 Å². The molecule has 0 saturated heterocycles. The van der Waals surface area contributed by atoms with Crippen LogP contribution < -0.4 is 10.1 Å². The largest absolute Gasteiger partial charge is 0.466 e. The van der Waals surface area contributed by atoms with E-state index in [4.69, 9.17) is 4.74 Å². The Morgan fingerprint density at radius 2 is 2.28 bits per heavy atom. The van der Waals surface area contributed by atoms with Crippen LogP contribution in [-0.2, 0) is 0 Å². The van der Waals surface area contributed by atoms with Crippen molar-refractivity contribution >= 4 is 27.8 Å². The fourth-order valence-electron chi connectivity index (χ4n) is 1.38. The number of benzene rings is 1. The van der Waals surface area contributed by atoms with Gasteiger partial charge < -0.3 is 4.74 Å². The lowest BCUT2D eigenvalue weighted by Gasteiger charge is -2.05. The molecule has 0 spiro atoms. The number of H-pyrrole nitrogens is 1. The topological polar surface area (TPSA) is 79.9 Å². The molecule has 0 saturated carbocycles. The molecular weight excluding hydrogens is 300 g/mol. The molecule has 0 aliphatic rings. The lowest BCUT2D eigenvalue weighted by Crippen LogP contribution is -2.13. The molecule has 0 aliphatic carbocycles. The Bertz CT molecular complexity index is 582. The summed E-state index contributed by atoms with van der Waals surface area (Å²) in [5.41, 5.74) is 1.53. The molecule has 2 rings (SSSR count). The van der Waals surface area contributed by atoms with E-state index in [1.807, 2.05) is 19.1 Å². The van der Waals surface area contributed by atoms with Crippen molar-refractivity contribution in [3.63, 3.8) is 0 Å². The number of ether oxygens (including phenoxy) is 1. The number of methoxy groups -OCH3 is 1. The van der Waals surface area contributed by atoms with E-state index in [9.17, 15) is 4.79 Å². The number of hydrogen-bond acceptors (Lipinski definition) is 4. The number of aromatic nitrogens is 3. The van der Waals surface area contributed by atoms with Crippen LogP contribution in [0.15, 0.2) is 22.7 Å². The number of halogens is 1. The minimum Gasteiger partial charge on any atom is -0.466 e. The Labute approximate surface area is 112 Å². The van der Waals surface area contributed by atoms with Crippen molar-refractivity contribution in [3.8, 4) is 6.01 Å². The minimum atomic E-state index is -0.274. The molecule has 1 heterocycles. The van der Waals surface area contributed by atoms with Crippen LogP contribution in [0.4, 0.5) is 5.95 Å². The van der Waals surface area contributed by atoms with Crippen LogP contribution in [0.25, 0.3) is 0 Å². The van der Waals surface area contributed by atoms with E-state index in [-0.39, 0.29) is 17.9 Å². The quantitative estimate of drug-likeness (QED) is 0.910. The lowest BCUT2D eigenvalue weighted by molar-refractivity contribution is 0.102. The molecule has 7 heteroatoms. The van der Waals surface area contributed by atoms with Crippen LogP contribution in [0.2, 0.25) is 0 Å². The zero-order chi connectivity index (χ0) is 13.1. The van der Waals surface area contributed by atoms with Crippen molar-refractivity contribution in [1.29, 1.82) is 0 Å². The average molecular weight is 311 g/mol. The van der Waals surface area contributed by atoms with E-state index < -0.39 is 0 Å². The summed E-state index contributed by atoms with van der Waals surface area (Å²) in [6.07, 6.45) is 0. The molecule has 1 aromatic carbocycles. The number of anilines is 1. The summed E-state index contributed by atoms with van der Waals surface area (Å²) in [5, 5.41) is 8.90. The monoisotopic (exact) mass is 310 g/mol. The molecule has 1 amide bonds. The highest BCUT2D eigenvalue weighted by molar-refractivity contribution is 9.10. The van der Waals surface area contributed by atoms with Gasteiger partial charge in [-0.1, -0.05) is 11.6 Å². The molecular formula is C11H11BrN4O2. The average Bonchev–Trinajstić information content (AvgIpc) is 2.80. The maximum absolute atomic E-state index is 12.0. The van der Waals surface area contributed by atoms with Gasteiger partial charge in [-0.3, -0.25) is 10.1 Å². The first-order valence-corrected chi connectivity index (χ1v) is 5.93. The fourth-order valence-corrected chi connectivity index (χ4v) is 1.81. The molecule has 2 aromatic rings. The number of aromatic amines is 1. The molecule has 1 aromatic heterocycles. The third kappa shape index (κ3) is 2.67. The molecule has 6 nitrogen and oxygen atoms in total. The van der Waals surface area contributed by atoms with Crippen LogP contribution in [0.3, 0.4) is 0 Å². The second-order valence-electron chi connectivity index (χ2n) is 3.61. The summed E-state index contributed by atoms with van der Waals surface area (Å²) < 4.78 is 5.53. The molecule has 0 fully saturated rings. The highest BCUT2D eigenvalue weighted by Gasteiger charge is 2.12. The Kier molecular flexibility index (Phi) is 3.61. The maximum Gasteiger partial charge on any atom is 0.336 e. The van der Waals surface area contributed by atoms with Gasteiger partial charge in [-0.15, -0.1) is 5.10 Å². The van der Waals surface area contributed by atoms with Crippen molar-refractivity contribution < 1.29 is 9.53 Å². The smallest absolute Gasteiger partial charge is 0.336 e. The second-order valence-corrected chi connectivity index (χ2v) is 4.46. The minimum absolute atomic E-state index is 0.175. The summed E-state index contributed by atoms with van der Waals surface area (Å²) >= 11 is 3.33. The molecule has 2 N–H and O–H groups in total. The van der Waals surface area contributed by atoms with Gasteiger partial charge in [0, 0.05) is 4.47 Å². The Hall–Kier alpha value is -1.89. The third-order valence-corrected chi connectivity index (χ3v) is 2.94. The Balaban J connectivity index is 2.19. The van der Waals surface area contributed by atoms with Crippen molar-refractivity contribution in [2.24, 2.45) is 0 Å². The molecule has 0 bridgehead atoms. The first kappa shape index (κ1) is 12.6. The zero-order valence-electron chi connectivity index (χ0n) is 9.82. The van der Waals surface area contributed by atoms with Gasteiger partial charge in [0.25, 0.3) is 5.91 Å². The van der Waals surface area contributed by atoms with Gasteiger partial charge in [0.2, 0.25) is 5.95 Å². The van der Waals surface area contributed by atoms with Crippen molar-refractivity contribution in [2.45, 2.75) is 6.92 Å². The number of hydrogen-bond donors (Lipinski definition) is 2. The SMILES string of the molecule is COc1n[nH]c(NC(=O)c2cc(C)ccc2Br)n1. The van der Waals surface area contributed by atoms with E-state index in [0.29, 0.717) is 5.56 Å². The first-order chi connectivity index (χ1) is 8.60. The van der Waals surface area contributed by atoms with Gasteiger partial charge in [-0.25, -0.2) is 5.10 Å². The standard InChI is InChI=1S/C11H11BrN4O2/c1-6-3-4-8(12)7(5-6)9(17)13-10-14-11(18-2)16-15-10/h3-5H,1-2H3,(H2,13,14,15,16,17). The van der Waals surface area contributed by atoms with Crippen LogP contribution >= 0.6 is 15.9 Å². The predicted octanol–water partition coefficient (Wildman–Crippen LogP) is 2.14. The molecule has 0 radical (unpaired) electrons. The van der Waals surface area contributed by atoms with Crippen molar-refractivity contribution in [3.05, 3.63) is 33.8 Å². The summed E-state index contributed by atoms with van der Waals surface area (Å²) in [5.74, 6) is -0.0327. The first-order valence-electron chi connectivity index (χ1n) is 5.14. The highest BCUT2D eigenvalue weighted by atomic mass is 79.9. The second kappa shape index (κ2) is 5.18. The number of rotatable bonds is 3. The van der Waals surface area contributed by atoms with Gasteiger partial charge in [-0.05, 0) is 35.0 Å². The summed E-state index contributed by atoms with van der Waals surface area (Å²) in [4.78, 5) is 15.9.